The Morgan fingerprint density at radius 1 is 1.11 bits per heavy atom. The average molecular weight is 407 g/mol. The molecule has 0 fully saturated rings. The van der Waals surface area contributed by atoms with Gasteiger partial charge in [0, 0.05) is 9.50 Å². The molecule has 0 aromatic heterocycles. The van der Waals surface area contributed by atoms with Crippen molar-refractivity contribution in [2.75, 3.05) is 0 Å². The fourth-order valence-corrected chi connectivity index (χ4v) is 3.86. The lowest BCUT2D eigenvalue weighted by atomic mass is 10.0. The van der Waals surface area contributed by atoms with Crippen LogP contribution in [0.1, 0.15) is 27.1 Å². The first-order chi connectivity index (χ1) is 8.91. The van der Waals surface area contributed by atoms with Gasteiger partial charge in [0.1, 0.15) is 5.82 Å². The normalized spacial score (nSPS) is 12.5. The number of halogens is 4. The largest absolute Gasteiger partial charge is 0.207 e. The molecular weight excluding hydrogens is 394 g/mol. The van der Waals surface area contributed by atoms with Crippen LogP contribution in [0.25, 0.3) is 0 Å². The minimum Gasteiger partial charge on any atom is -0.207 e. The highest BCUT2D eigenvalue weighted by Gasteiger charge is 2.18. The van der Waals surface area contributed by atoms with Crippen LogP contribution in [0.5, 0.6) is 0 Å². The first-order valence-electron chi connectivity index (χ1n) is 5.76. The molecule has 0 nitrogen and oxygen atoms in total. The van der Waals surface area contributed by atoms with E-state index in [0.29, 0.717) is 10.6 Å². The zero-order valence-electron chi connectivity index (χ0n) is 10.5. The molecule has 0 aliphatic carbocycles. The number of alkyl halides is 1. The van der Waals surface area contributed by atoms with Crippen LogP contribution < -0.4 is 0 Å². The molecule has 1 unspecified atom stereocenters. The van der Waals surface area contributed by atoms with Crippen molar-refractivity contribution in [2.24, 2.45) is 0 Å². The second-order valence-electron chi connectivity index (χ2n) is 4.46. The van der Waals surface area contributed by atoms with Crippen LogP contribution in [-0.2, 0) is 0 Å². The molecule has 0 radical (unpaired) electrons. The van der Waals surface area contributed by atoms with Crippen molar-refractivity contribution in [3.63, 3.8) is 0 Å². The Bertz CT molecular complexity index is 626. The van der Waals surface area contributed by atoms with Crippen molar-refractivity contribution >= 4 is 43.5 Å². The third-order valence-corrected chi connectivity index (χ3v) is 5.44. The monoisotopic (exact) mass is 404 g/mol. The van der Waals surface area contributed by atoms with Gasteiger partial charge in [-0.25, -0.2) is 4.39 Å². The maximum atomic E-state index is 13.5. The number of hydrogen-bond donors (Lipinski definition) is 0. The number of benzene rings is 2. The Balaban J connectivity index is 2.53. The van der Waals surface area contributed by atoms with Crippen molar-refractivity contribution in [3.05, 3.63) is 67.9 Å². The molecule has 4 heteroatoms. The summed E-state index contributed by atoms with van der Waals surface area (Å²) in [5.41, 5.74) is 3.68. The van der Waals surface area contributed by atoms with Crippen molar-refractivity contribution < 1.29 is 4.39 Å². The lowest BCUT2D eigenvalue weighted by Crippen LogP contribution is -1.98. The maximum absolute atomic E-state index is 13.5. The summed E-state index contributed by atoms with van der Waals surface area (Å²) >= 11 is 13.4. The molecular formula is C15H12Br2ClF. The van der Waals surface area contributed by atoms with Crippen molar-refractivity contribution in [1.29, 1.82) is 0 Å². The topological polar surface area (TPSA) is 0 Å². The summed E-state index contributed by atoms with van der Waals surface area (Å²) in [6.07, 6.45) is 0. The molecule has 100 valence electrons. The van der Waals surface area contributed by atoms with Gasteiger partial charge in [0.25, 0.3) is 0 Å². The molecule has 0 aliphatic rings. The van der Waals surface area contributed by atoms with E-state index in [4.69, 9.17) is 11.6 Å². The molecule has 0 spiro atoms. The van der Waals surface area contributed by atoms with Crippen LogP contribution in [0, 0.1) is 19.7 Å². The first-order valence-corrected chi connectivity index (χ1v) is 7.85. The average Bonchev–Trinajstić information content (AvgIpc) is 2.36. The Morgan fingerprint density at radius 2 is 1.79 bits per heavy atom. The molecule has 0 amide bonds. The predicted octanol–water partition coefficient (Wildman–Crippen LogP) is 6.34. The second kappa shape index (κ2) is 5.94. The second-order valence-corrected chi connectivity index (χ2v) is 6.58. The van der Waals surface area contributed by atoms with Gasteiger partial charge in [-0.15, -0.1) is 0 Å². The molecule has 2 rings (SSSR count). The smallest absolute Gasteiger partial charge is 0.127 e. The first kappa shape index (κ1) is 15.0. The molecule has 19 heavy (non-hydrogen) atoms. The van der Waals surface area contributed by atoms with Gasteiger partial charge in [-0.1, -0.05) is 67.7 Å². The molecule has 0 bridgehead atoms. The Kier molecular flexibility index (Phi) is 4.70. The number of hydrogen-bond acceptors (Lipinski definition) is 0. The van der Waals surface area contributed by atoms with E-state index in [9.17, 15) is 4.39 Å². The predicted molar refractivity (Wildman–Crippen MR) is 85.8 cm³/mol. The Hall–Kier alpha value is -0.380. The molecule has 0 heterocycles. The molecule has 0 saturated carbocycles. The minimum atomic E-state index is -0.281. The van der Waals surface area contributed by atoms with Crippen LogP contribution in [0.2, 0.25) is 5.02 Å². The van der Waals surface area contributed by atoms with E-state index in [1.165, 1.54) is 6.07 Å². The Labute approximate surface area is 134 Å². The van der Waals surface area contributed by atoms with Gasteiger partial charge < -0.3 is 0 Å². The van der Waals surface area contributed by atoms with Gasteiger partial charge in [-0.3, -0.25) is 0 Å². The van der Waals surface area contributed by atoms with Gasteiger partial charge in [0.15, 0.2) is 0 Å². The lowest BCUT2D eigenvalue weighted by Gasteiger charge is -2.16. The molecule has 2 aromatic carbocycles. The van der Waals surface area contributed by atoms with E-state index in [-0.39, 0.29) is 10.6 Å². The summed E-state index contributed by atoms with van der Waals surface area (Å²) in [6.45, 7) is 3.77. The SMILES string of the molecule is Cc1cc(C(Br)c2cccc(C)c2Br)c(Cl)cc1F. The summed E-state index contributed by atoms with van der Waals surface area (Å²) in [5, 5.41) is 0.429. The van der Waals surface area contributed by atoms with Crippen LogP contribution >= 0.6 is 43.5 Å². The summed E-state index contributed by atoms with van der Waals surface area (Å²) in [5.74, 6) is -0.281. The highest BCUT2D eigenvalue weighted by Crippen LogP contribution is 2.40. The highest BCUT2D eigenvalue weighted by atomic mass is 79.9. The van der Waals surface area contributed by atoms with E-state index in [2.05, 4.69) is 31.9 Å². The number of rotatable bonds is 2. The molecule has 2 aromatic rings. The van der Waals surface area contributed by atoms with Crippen LogP contribution in [0.15, 0.2) is 34.8 Å². The van der Waals surface area contributed by atoms with Gasteiger partial charge >= 0.3 is 0 Å². The fraction of sp³-hybridized carbons (Fsp3) is 0.200. The molecule has 0 aliphatic heterocycles. The molecule has 1 atom stereocenters. The summed E-state index contributed by atoms with van der Waals surface area (Å²) in [6, 6.07) is 9.19. The fourth-order valence-electron chi connectivity index (χ4n) is 1.91. The summed E-state index contributed by atoms with van der Waals surface area (Å²) in [4.78, 5) is -0.0754. The van der Waals surface area contributed by atoms with E-state index in [1.54, 1.807) is 13.0 Å². The standard InChI is InChI=1S/C15H12Br2ClF/c1-8-4-3-5-10(14(8)16)15(17)11-6-9(2)13(19)7-12(11)18/h3-7,15H,1-2H3. The summed E-state index contributed by atoms with van der Waals surface area (Å²) in [7, 11) is 0. The molecule has 0 saturated heterocycles. The summed E-state index contributed by atoms with van der Waals surface area (Å²) < 4.78 is 14.5. The van der Waals surface area contributed by atoms with Gasteiger partial charge in [-0.05, 0) is 42.2 Å². The van der Waals surface area contributed by atoms with Gasteiger partial charge in [0.2, 0.25) is 0 Å². The minimum absolute atomic E-state index is 0.0754. The van der Waals surface area contributed by atoms with Crippen molar-refractivity contribution in [1.82, 2.24) is 0 Å². The highest BCUT2D eigenvalue weighted by molar-refractivity contribution is 9.11. The third kappa shape index (κ3) is 3.04. The van der Waals surface area contributed by atoms with E-state index >= 15 is 0 Å². The lowest BCUT2D eigenvalue weighted by molar-refractivity contribution is 0.618. The van der Waals surface area contributed by atoms with Crippen LogP contribution in [0.4, 0.5) is 4.39 Å². The maximum Gasteiger partial charge on any atom is 0.127 e. The van der Waals surface area contributed by atoms with Gasteiger partial charge in [0.05, 0.1) is 4.83 Å². The Morgan fingerprint density at radius 3 is 2.47 bits per heavy atom. The zero-order valence-corrected chi connectivity index (χ0v) is 14.4. The van der Waals surface area contributed by atoms with E-state index in [1.807, 2.05) is 25.1 Å². The van der Waals surface area contributed by atoms with Crippen molar-refractivity contribution in [2.45, 2.75) is 18.7 Å². The quantitative estimate of drug-likeness (QED) is 0.510. The van der Waals surface area contributed by atoms with E-state index < -0.39 is 0 Å². The van der Waals surface area contributed by atoms with Crippen LogP contribution in [0.3, 0.4) is 0 Å². The third-order valence-electron chi connectivity index (χ3n) is 3.05. The van der Waals surface area contributed by atoms with Crippen molar-refractivity contribution in [3.8, 4) is 0 Å². The zero-order chi connectivity index (χ0) is 14.2. The van der Waals surface area contributed by atoms with E-state index in [0.717, 1.165) is 21.2 Å². The van der Waals surface area contributed by atoms with Crippen LogP contribution in [-0.4, -0.2) is 0 Å². The van der Waals surface area contributed by atoms with Gasteiger partial charge in [-0.2, -0.15) is 0 Å². The number of aryl methyl sites for hydroxylation is 2. The molecule has 0 N–H and O–H groups in total.